The lowest BCUT2D eigenvalue weighted by Crippen LogP contribution is -2.46. The van der Waals surface area contributed by atoms with Gasteiger partial charge in [-0.15, -0.1) is 0 Å². The minimum atomic E-state index is -0.280. The maximum atomic E-state index is 12.8. The third-order valence-corrected chi connectivity index (χ3v) is 7.08. The predicted molar refractivity (Wildman–Crippen MR) is 134 cm³/mol. The van der Waals surface area contributed by atoms with Crippen LogP contribution < -0.4 is 24.8 Å². The van der Waals surface area contributed by atoms with Crippen LogP contribution >= 0.6 is 0 Å². The van der Waals surface area contributed by atoms with Gasteiger partial charge >= 0.3 is 0 Å². The van der Waals surface area contributed by atoms with Crippen molar-refractivity contribution < 1.29 is 23.8 Å². The maximum Gasteiger partial charge on any atom is 0.270 e. The van der Waals surface area contributed by atoms with Gasteiger partial charge in [-0.2, -0.15) is 0 Å². The van der Waals surface area contributed by atoms with Crippen molar-refractivity contribution in [1.82, 2.24) is 25.2 Å². The van der Waals surface area contributed by atoms with Crippen molar-refractivity contribution in [3.63, 3.8) is 0 Å². The van der Waals surface area contributed by atoms with Crippen LogP contribution in [0.5, 0.6) is 17.4 Å². The molecule has 2 N–H and O–H groups in total. The molecular weight excluding hydrogens is 476 g/mol. The number of carbonyl (C=O) groups excluding carboxylic acids is 2. The van der Waals surface area contributed by atoms with E-state index in [1.807, 2.05) is 12.1 Å². The third-order valence-electron chi connectivity index (χ3n) is 7.08. The highest BCUT2D eigenvalue weighted by molar-refractivity contribution is 5.97. The molecule has 1 unspecified atom stereocenters. The quantitative estimate of drug-likeness (QED) is 0.535. The molecule has 1 fully saturated rings. The van der Waals surface area contributed by atoms with Gasteiger partial charge < -0.3 is 29.7 Å². The van der Waals surface area contributed by atoms with E-state index in [1.54, 1.807) is 25.4 Å². The average molecular weight is 505 g/mol. The van der Waals surface area contributed by atoms with E-state index in [4.69, 9.17) is 14.2 Å². The fraction of sp³-hybridized carbons (Fsp3) is 0.423. The topological polar surface area (TPSA) is 128 Å². The van der Waals surface area contributed by atoms with Gasteiger partial charge in [0.15, 0.2) is 18.2 Å². The Morgan fingerprint density at radius 3 is 2.86 bits per heavy atom. The summed E-state index contributed by atoms with van der Waals surface area (Å²) in [6.07, 6.45) is 4.36. The molecule has 2 amide bonds. The molecule has 3 aromatic rings. The zero-order chi connectivity index (χ0) is 25.4. The van der Waals surface area contributed by atoms with E-state index < -0.39 is 0 Å². The number of amides is 2. The highest BCUT2D eigenvalue weighted by Gasteiger charge is 2.28. The number of methoxy groups -OCH3 is 1. The van der Waals surface area contributed by atoms with Crippen LogP contribution in [0.2, 0.25) is 0 Å². The zero-order valence-corrected chi connectivity index (χ0v) is 20.5. The second kappa shape index (κ2) is 9.81. The summed E-state index contributed by atoms with van der Waals surface area (Å²) in [4.78, 5) is 40.1. The van der Waals surface area contributed by atoms with E-state index in [-0.39, 0.29) is 36.0 Å². The van der Waals surface area contributed by atoms with E-state index in [2.05, 4.69) is 30.5 Å². The number of fused-ring (bicyclic) bond motifs is 4. The standard InChI is InChI=1S/C26H28N6O5/c1-35-23-5-3-18-24(31-23)17-10-15(13-36-21(17)11-27-18)12-32-8-6-16(7-9-32)28-26(34)19-2-4-20-25(29-19)30-22(33)14-37-20/h2-5,11,15-16H,6-10,12-14H2,1H3,(H,28,34)(H,29,30,33). The highest BCUT2D eigenvalue weighted by atomic mass is 16.5. The second-order valence-electron chi connectivity index (χ2n) is 9.63. The van der Waals surface area contributed by atoms with Crippen molar-refractivity contribution in [3.8, 4) is 17.4 Å². The van der Waals surface area contributed by atoms with Crippen molar-refractivity contribution >= 4 is 28.7 Å². The lowest BCUT2D eigenvalue weighted by Gasteiger charge is -2.35. The lowest BCUT2D eigenvalue weighted by molar-refractivity contribution is -0.118. The van der Waals surface area contributed by atoms with Crippen LogP contribution in [0.25, 0.3) is 11.0 Å². The summed E-state index contributed by atoms with van der Waals surface area (Å²) in [5.74, 6) is 1.93. The summed E-state index contributed by atoms with van der Waals surface area (Å²) in [6.45, 7) is 3.29. The Labute approximate surface area is 213 Å². The van der Waals surface area contributed by atoms with E-state index in [0.29, 0.717) is 24.2 Å². The summed E-state index contributed by atoms with van der Waals surface area (Å²) < 4.78 is 16.7. The molecule has 11 nitrogen and oxygen atoms in total. The molecule has 37 heavy (non-hydrogen) atoms. The molecule has 6 heterocycles. The third kappa shape index (κ3) is 4.86. The average Bonchev–Trinajstić information content (AvgIpc) is 2.93. The molecule has 0 saturated carbocycles. The van der Waals surface area contributed by atoms with Crippen LogP contribution in [-0.4, -0.2) is 77.7 Å². The number of piperidine rings is 1. The second-order valence-corrected chi connectivity index (χ2v) is 9.63. The summed E-state index contributed by atoms with van der Waals surface area (Å²) in [5, 5.41) is 5.73. The molecule has 11 heteroatoms. The van der Waals surface area contributed by atoms with Crippen LogP contribution in [-0.2, 0) is 11.2 Å². The summed E-state index contributed by atoms with van der Waals surface area (Å²) >= 11 is 0. The van der Waals surface area contributed by atoms with Gasteiger partial charge in [0.25, 0.3) is 11.8 Å². The van der Waals surface area contributed by atoms with Crippen LogP contribution in [0.1, 0.15) is 28.9 Å². The molecule has 0 aliphatic carbocycles. The van der Waals surface area contributed by atoms with Crippen molar-refractivity contribution in [2.45, 2.75) is 25.3 Å². The van der Waals surface area contributed by atoms with Crippen LogP contribution in [0, 0.1) is 5.92 Å². The van der Waals surface area contributed by atoms with E-state index in [9.17, 15) is 9.59 Å². The highest BCUT2D eigenvalue weighted by Crippen LogP contribution is 2.33. The number of anilines is 1. The predicted octanol–water partition coefficient (Wildman–Crippen LogP) is 1.81. The number of ether oxygens (including phenoxy) is 3. The number of likely N-dealkylation sites (tertiary alicyclic amines) is 1. The number of nitrogens with zero attached hydrogens (tertiary/aromatic N) is 4. The van der Waals surface area contributed by atoms with Crippen molar-refractivity contribution in [1.29, 1.82) is 0 Å². The lowest BCUT2D eigenvalue weighted by atomic mass is 9.94. The molecule has 192 valence electrons. The van der Waals surface area contributed by atoms with Crippen LogP contribution in [0.4, 0.5) is 5.82 Å². The Bertz CT molecular complexity index is 1350. The number of carbonyl (C=O) groups is 2. The van der Waals surface area contributed by atoms with Gasteiger partial charge in [-0.3, -0.25) is 14.6 Å². The van der Waals surface area contributed by atoms with E-state index >= 15 is 0 Å². The van der Waals surface area contributed by atoms with Gasteiger partial charge in [0.1, 0.15) is 11.4 Å². The first kappa shape index (κ1) is 23.4. The maximum absolute atomic E-state index is 12.8. The molecule has 3 aliphatic rings. The first-order chi connectivity index (χ1) is 18.1. The molecule has 0 bridgehead atoms. The molecule has 0 spiro atoms. The fourth-order valence-electron chi connectivity index (χ4n) is 5.17. The summed E-state index contributed by atoms with van der Waals surface area (Å²) in [5.41, 5.74) is 3.02. The van der Waals surface area contributed by atoms with Gasteiger partial charge in [-0.25, -0.2) is 9.97 Å². The van der Waals surface area contributed by atoms with Crippen LogP contribution in [0.15, 0.2) is 30.5 Å². The zero-order valence-electron chi connectivity index (χ0n) is 20.5. The molecule has 1 atom stereocenters. The molecule has 3 aromatic heterocycles. The number of hydrogen-bond acceptors (Lipinski definition) is 9. The number of nitrogens with one attached hydrogen (secondary N) is 2. The van der Waals surface area contributed by atoms with Crippen molar-refractivity contribution in [3.05, 3.63) is 41.7 Å². The molecule has 0 radical (unpaired) electrons. The van der Waals surface area contributed by atoms with Gasteiger partial charge in [0.05, 0.1) is 30.9 Å². The smallest absolute Gasteiger partial charge is 0.270 e. The summed E-state index contributed by atoms with van der Waals surface area (Å²) in [7, 11) is 1.61. The number of rotatable bonds is 5. The minimum absolute atomic E-state index is 0.0439. The Hall–Kier alpha value is -3.99. The number of pyridine rings is 3. The Balaban J connectivity index is 1.04. The summed E-state index contributed by atoms with van der Waals surface area (Å²) in [6, 6.07) is 7.09. The first-order valence-corrected chi connectivity index (χ1v) is 12.5. The van der Waals surface area contributed by atoms with Gasteiger partial charge in [-0.05, 0) is 37.5 Å². The van der Waals surface area contributed by atoms with Crippen LogP contribution in [0.3, 0.4) is 0 Å². The number of aromatic nitrogens is 3. The van der Waals surface area contributed by atoms with Crippen molar-refractivity contribution in [2.75, 3.05) is 45.3 Å². The molecule has 3 aliphatic heterocycles. The van der Waals surface area contributed by atoms with Gasteiger partial charge in [0, 0.05) is 43.2 Å². The van der Waals surface area contributed by atoms with Gasteiger partial charge in [-0.1, -0.05) is 0 Å². The first-order valence-electron chi connectivity index (χ1n) is 12.5. The monoisotopic (exact) mass is 504 g/mol. The molecule has 6 rings (SSSR count). The normalized spacial score (nSPS) is 19.7. The molecular formula is C26H28N6O5. The molecule has 0 aromatic carbocycles. The molecule has 1 saturated heterocycles. The number of hydrogen-bond donors (Lipinski definition) is 2. The Morgan fingerprint density at radius 2 is 2.03 bits per heavy atom. The van der Waals surface area contributed by atoms with Gasteiger partial charge in [0.2, 0.25) is 5.88 Å². The Kier molecular flexibility index (Phi) is 6.21. The SMILES string of the molecule is COc1ccc2ncc3c(c2n1)CC(CN1CCC(NC(=O)c2ccc4c(n2)NC(=O)CO4)CC1)CO3. The van der Waals surface area contributed by atoms with E-state index in [0.717, 1.165) is 61.2 Å². The minimum Gasteiger partial charge on any atom is -0.491 e. The van der Waals surface area contributed by atoms with E-state index in [1.165, 1.54) is 0 Å². The fourth-order valence-corrected chi connectivity index (χ4v) is 5.17. The Morgan fingerprint density at radius 1 is 1.16 bits per heavy atom. The van der Waals surface area contributed by atoms with Crippen molar-refractivity contribution in [2.24, 2.45) is 5.92 Å². The largest absolute Gasteiger partial charge is 0.491 e.